The van der Waals surface area contributed by atoms with E-state index in [1.54, 1.807) is 11.3 Å². The molecule has 1 N–H and O–H groups in total. The SMILES string of the molecule is CNCC(Cc1csc(C)n1)c1ccccc1C. The van der Waals surface area contributed by atoms with Gasteiger partial charge in [-0.05, 0) is 38.4 Å². The quantitative estimate of drug-likeness (QED) is 0.892. The number of aromatic nitrogens is 1. The Bertz CT molecular complexity index is 505. The smallest absolute Gasteiger partial charge is 0.0897 e. The predicted molar refractivity (Wildman–Crippen MR) is 78.4 cm³/mol. The van der Waals surface area contributed by atoms with E-state index in [2.05, 4.69) is 53.8 Å². The third-order valence-electron chi connectivity index (χ3n) is 3.20. The minimum atomic E-state index is 0.498. The van der Waals surface area contributed by atoms with Crippen LogP contribution >= 0.6 is 11.3 Å². The van der Waals surface area contributed by atoms with Gasteiger partial charge in [0.1, 0.15) is 0 Å². The molecule has 1 aromatic carbocycles. The van der Waals surface area contributed by atoms with Crippen LogP contribution in [0.5, 0.6) is 0 Å². The standard InChI is InChI=1S/C15H20N2S/c1-11-6-4-5-7-15(11)13(9-16-3)8-14-10-18-12(2)17-14/h4-7,10,13,16H,8-9H2,1-3H3. The van der Waals surface area contributed by atoms with Gasteiger partial charge in [0.05, 0.1) is 10.7 Å². The molecule has 2 nitrogen and oxygen atoms in total. The third-order valence-corrected chi connectivity index (χ3v) is 4.02. The highest BCUT2D eigenvalue weighted by molar-refractivity contribution is 7.09. The number of hydrogen-bond donors (Lipinski definition) is 1. The summed E-state index contributed by atoms with van der Waals surface area (Å²) in [4.78, 5) is 4.58. The fourth-order valence-electron chi connectivity index (χ4n) is 2.34. The van der Waals surface area contributed by atoms with Crippen molar-refractivity contribution in [1.29, 1.82) is 0 Å². The lowest BCUT2D eigenvalue weighted by Crippen LogP contribution is -2.20. The maximum absolute atomic E-state index is 4.58. The van der Waals surface area contributed by atoms with E-state index in [1.165, 1.54) is 16.8 Å². The van der Waals surface area contributed by atoms with Crippen molar-refractivity contribution in [1.82, 2.24) is 10.3 Å². The van der Waals surface area contributed by atoms with E-state index in [-0.39, 0.29) is 0 Å². The number of rotatable bonds is 5. The highest BCUT2D eigenvalue weighted by Gasteiger charge is 2.14. The highest BCUT2D eigenvalue weighted by atomic mass is 32.1. The van der Waals surface area contributed by atoms with Crippen molar-refractivity contribution in [2.45, 2.75) is 26.2 Å². The van der Waals surface area contributed by atoms with Gasteiger partial charge in [-0.2, -0.15) is 0 Å². The van der Waals surface area contributed by atoms with Gasteiger partial charge in [-0.1, -0.05) is 24.3 Å². The van der Waals surface area contributed by atoms with E-state index in [0.29, 0.717) is 5.92 Å². The van der Waals surface area contributed by atoms with Crippen LogP contribution in [0.4, 0.5) is 0 Å². The Kier molecular flexibility index (Phi) is 4.50. The molecule has 0 radical (unpaired) electrons. The molecule has 0 bridgehead atoms. The van der Waals surface area contributed by atoms with Gasteiger partial charge in [-0.3, -0.25) is 0 Å². The molecule has 96 valence electrons. The number of benzene rings is 1. The van der Waals surface area contributed by atoms with Crippen molar-refractivity contribution in [3.8, 4) is 0 Å². The van der Waals surface area contributed by atoms with Crippen LogP contribution in [0.25, 0.3) is 0 Å². The van der Waals surface area contributed by atoms with Gasteiger partial charge >= 0.3 is 0 Å². The van der Waals surface area contributed by atoms with Gasteiger partial charge in [0.15, 0.2) is 0 Å². The Hall–Kier alpha value is -1.19. The Morgan fingerprint density at radius 1 is 1.28 bits per heavy atom. The molecule has 0 aliphatic carbocycles. The summed E-state index contributed by atoms with van der Waals surface area (Å²) < 4.78 is 0. The monoisotopic (exact) mass is 260 g/mol. The van der Waals surface area contributed by atoms with Crippen molar-refractivity contribution in [2.24, 2.45) is 0 Å². The molecule has 3 heteroatoms. The molecule has 0 aliphatic heterocycles. The second-order valence-corrected chi connectivity index (χ2v) is 5.74. The topological polar surface area (TPSA) is 24.9 Å². The molecule has 1 atom stereocenters. The summed E-state index contributed by atoms with van der Waals surface area (Å²) in [5.41, 5.74) is 4.00. The van der Waals surface area contributed by atoms with E-state index >= 15 is 0 Å². The summed E-state index contributed by atoms with van der Waals surface area (Å²) in [6.07, 6.45) is 1.01. The van der Waals surface area contributed by atoms with Crippen molar-refractivity contribution < 1.29 is 0 Å². The first-order chi connectivity index (χ1) is 8.70. The minimum Gasteiger partial charge on any atom is -0.319 e. The van der Waals surface area contributed by atoms with Gasteiger partial charge in [-0.25, -0.2) is 4.98 Å². The molecule has 18 heavy (non-hydrogen) atoms. The second kappa shape index (κ2) is 6.12. The van der Waals surface area contributed by atoms with E-state index in [0.717, 1.165) is 18.0 Å². The van der Waals surface area contributed by atoms with Crippen LogP contribution in [0.2, 0.25) is 0 Å². The predicted octanol–water partition coefficient (Wildman–Crippen LogP) is 3.31. The fraction of sp³-hybridized carbons (Fsp3) is 0.400. The van der Waals surface area contributed by atoms with Crippen molar-refractivity contribution in [3.05, 3.63) is 51.5 Å². The van der Waals surface area contributed by atoms with E-state index in [4.69, 9.17) is 0 Å². The van der Waals surface area contributed by atoms with Gasteiger partial charge < -0.3 is 5.32 Å². The van der Waals surface area contributed by atoms with Crippen LogP contribution < -0.4 is 5.32 Å². The summed E-state index contributed by atoms with van der Waals surface area (Å²) in [6, 6.07) is 8.64. The molecule has 0 saturated carbocycles. The number of thiazole rings is 1. The largest absolute Gasteiger partial charge is 0.319 e. The summed E-state index contributed by atoms with van der Waals surface area (Å²) in [5, 5.41) is 6.62. The molecule has 1 unspecified atom stereocenters. The molecular formula is C15H20N2S. The highest BCUT2D eigenvalue weighted by Crippen LogP contribution is 2.24. The summed E-state index contributed by atoms with van der Waals surface area (Å²) in [6.45, 7) is 5.24. The van der Waals surface area contributed by atoms with Crippen molar-refractivity contribution >= 4 is 11.3 Å². The van der Waals surface area contributed by atoms with Gasteiger partial charge in [0.25, 0.3) is 0 Å². The van der Waals surface area contributed by atoms with Crippen LogP contribution in [0, 0.1) is 13.8 Å². The van der Waals surface area contributed by atoms with Crippen LogP contribution in [0.1, 0.15) is 27.7 Å². The van der Waals surface area contributed by atoms with E-state index in [9.17, 15) is 0 Å². The molecule has 0 spiro atoms. The Balaban J connectivity index is 2.20. The number of nitrogens with zero attached hydrogens (tertiary/aromatic N) is 1. The zero-order valence-corrected chi connectivity index (χ0v) is 12.1. The number of aryl methyl sites for hydroxylation is 2. The molecule has 2 rings (SSSR count). The van der Waals surface area contributed by atoms with Crippen molar-refractivity contribution in [2.75, 3.05) is 13.6 Å². The fourth-order valence-corrected chi connectivity index (χ4v) is 2.96. The van der Waals surface area contributed by atoms with Crippen molar-refractivity contribution in [3.63, 3.8) is 0 Å². The Labute approximate surface area is 113 Å². The number of nitrogens with one attached hydrogen (secondary N) is 1. The normalized spacial score (nSPS) is 12.6. The van der Waals surface area contributed by atoms with E-state index < -0.39 is 0 Å². The lowest BCUT2D eigenvalue weighted by atomic mass is 9.91. The second-order valence-electron chi connectivity index (χ2n) is 4.67. The molecular weight excluding hydrogens is 240 g/mol. The first kappa shape index (κ1) is 13.2. The first-order valence-electron chi connectivity index (χ1n) is 6.32. The van der Waals surface area contributed by atoms with Crippen LogP contribution in [-0.2, 0) is 6.42 Å². The average molecular weight is 260 g/mol. The Morgan fingerprint density at radius 2 is 2.06 bits per heavy atom. The minimum absolute atomic E-state index is 0.498. The summed E-state index contributed by atoms with van der Waals surface area (Å²) >= 11 is 1.73. The zero-order chi connectivity index (χ0) is 13.0. The molecule has 2 aromatic rings. The van der Waals surface area contributed by atoms with Gasteiger partial charge in [0, 0.05) is 17.8 Å². The summed E-state index contributed by atoms with van der Waals surface area (Å²) in [5.74, 6) is 0.498. The third kappa shape index (κ3) is 3.18. The van der Waals surface area contributed by atoms with E-state index in [1.807, 2.05) is 7.05 Å². The van der Waals surface area contributed by atoms with Crippen LogP contribution in [0.3, 0.4) is 0 Å². The molecule has 1 heterocycles. The maximum atomic E-state index is 4.58. The molecule has 1 aromatic heterocycles. The molecule has 0 saturated heterocycles. The summed E-state index contributed by atoms with van der Waals surface area (Å²) in [7, 11) is 2.01. The Morgan fingerprint density at radius 3 is 2.67 bits per heavy atom. The van der Waals surface area contributed by atoms with Crippen LogP contribution in [-0.4, -0.2) is 18.6 Å². The van der Waals surface area contributed by atoms with Crippen LogP contribution in [0.15, 0.2) is 29.6 Å². The first-order valence-corrected chi connectivity index (χ1v) is 7.19. The molecule has 0 aliphatic rings. The van der Waals surface area contributed by atoms with Gasteiger partial charge in [-0.15, -0.1) is 11.3 Å². The average Bonchev–Trinajstić information content (AvgIpc) is 2.75. The number of likely N-dealkylation sites (N-methyl/N-ethyl adjacent to an activating group) is 1. The lowest BCUT2D eigenvalue weighted by Gasteiger charge is -2.18. The number of hydrogen-bond acceptors (Lipinski definition) is 3. The molecule has 0 amide bonds. The lowest BCUT2D eigenvalue weighted by molar-refractivity contribution is 0.616. The maximum Gasteiger partial charge on any atom is 0.0897 e. The molecule has 0 fully saturated rings. The van der Waals surface area contributed by atoms with Gasteiger partial charge in [0.2, 0.25) is 0 Å². The zero-order valence-electron chi connectivity index (χ0n) is 11.2.